The highest BCUT2D eigenvalue weighted by Gasteiger charge is 2.34. The molecule has 0 unspecified atom stereocenters. The Labute approximate surface area is 130 Å². The van der Waals surface area contributed by atoms with Gasteiger partial charge in [-0.1, -0.05) is 35.2 Å². The van der Waals surface area contributed by atoms with Crippen molar-refractivity contribution in [3.8, 4) is 18.1 Å². The number of ether oxygens (including phenoxy) is 1. The first-order valence-electron chi connectivity index (χ1n) is 7.24. The molecule has 108 valence electrons. The van der Waals surface area contributed by atoms with Crippen LogP contribution >= 0.6 is 15.9 Å². The van der Waals surface area contributed by atoms with Crippen LogP contribution in [-0.4, -0.2) is 13.2 Å². The first kappa shape index (κ1) is 15.4. The van der Waals surface area contributed by atoms with E-state index in [2.05, 4.69) is 40.2 Å². The fourth-order valence-corrected chi connectivity index (χ4v) is 3.15. The Balaban J connectivity index is 1.94. The molecule has 1 aromatic carbocycles. The van der Waals surface area contributed by atoms with Crippen LogP contribution in [-0.2, 0) is 6.54 Å². The van der Waals surface area contributed by atoms with Crippen molar-refractivity contribution < 1.29 is 4.74 Å². The van der Waals surface area contributed by atoms with Crippen molar-refractivity contribution in [3.05, 3.63) is 28.2 Å². The van der Waals surface area contributed by atoms with Gasteiger partial charge >= 0.3 is 0 Å². The van der Waals surface area contributed by atoms with Crippen LogP contribution in [0.1, 0.15) is 38.2 Å². The summed E-state index contributed by atoms with van der Waals surface area (Å²) in [6.07, 6.45) is 10.6. The Morgan fingerprint density at radius 1 is 1.45 bits per heavy atom. The van der Waals surface area contributed by atoms with E-state index in [-0.39, 0.29) is 0 Å². The summed E-state index contributed by atoms with van der Waals surface area (Å²) in [5, 5.41) is 3.59. The summed E-state index contributed by atoms with van der Waals surface area (Å²) >= 11 is 3.51. The first-order chi connectivity index (χ1) is 9.69. The summed E-state index contributed by atoms with van der Waals surface area (Å²) in [5.74, 6) is 3.38. The molecule has 1 saturated carbocycles. The van der Waals surface area contributed by atoms with E-state index in [0.717, 1.165) is 28.9 Å². The molecule has 1 N–H and O–H groups in total. The van der Waals surface area contributed by atoms with Crippen LogP contribution in [0.15, 0.2) is 22.7 Å². The molecular formula is C17H22BrNO. The molecule has 2 rings (SSSR count). The van der Waals surface area contributed by atoms with E-state index in [1.165, 1.54) is 25.7 Å². The minimum atomic E-state index is 0.313. The zero-order valence-electron chi connectivity index (χ0n) is 12.0. The van der Waals surface area contributed by atoms with Gasteiger partial charge in [-0.25, -0.2) is 0 Å². The molecule has 1 aliphatic carbocycles. The quantitative estimate of drug-likeness (QED) is 0.756. The van der Waals surface area contributed by atoms with Crippen molar-refractivity contribution >= 4 is 15.9 Å². The van der Waals surface area contributed by atoms with Crippen LogP contribution in [0, 0.1) is 17.8 Å². The molecule has 0 bridgehead atoms. The third-order valence-corrected chi connectivity index (χ3v) is 4.81. The van der Waals surface area contributed by atoms with Gasteiger partial charge in [0.05, 0.1) is 0 Å². The molecule has 1 fully saturated rings. The summed E-state index contributed by atoms with van der Waals surface area (Å²) in [7, 11) is 0. The van der Waals surface area contributed by atoms with Crippen molar-refractivity contribution in [1.82, 2.24) is 5.32 Å². The van der Waals surface area contributed by atoms with Gasteiger partial charge in [-0.15, -0.1) is 6.42 Å². The van der Waals surface area contributed by atoms with E-state index < -0.39 is 0 Å². The molecule has 2 nitrogen and oxygen atoms in total. The average molecular weight is 336 g/mol. The molecule has 0 atom stereocenters. The number of terminal acetylenes is 1. The maximum Gasteiger partial charge on any atom is 0.148 e. The minimum absolute atomic E-state index is 0.313. The van der Waals surface area contributed by atoms with Crippen LogP contribution in [0.4, 0.5) is 0 Å². The van der Waals surface area contributed by atoms with Crippen LogP contribution in [0.2, 0.25) is 0 Å². The van der Waals surface area contributed by atoms with Gasteiger partial charge < -0.3 is 10.1 Å². The van der Waals surface area contributed by atoms with Crippen molar-refractivity contribution in [2.24, 2.45) is 5.41 Å². The number of halogens is 1. The van der Waals surface area contributed by atoms with Gasteiger partial charge in [0, 0.05) is 23.1 Å². The van der Waals surface area contributed by atoms with Crippen LogP contribution < -0.4 is 10.1 Å². The maximum atomic E-state index is 5.59. The zero-order valence-corrected chi connectivity index (χ0v) is 13.6. The lowest BCUT2D eigenvalue weighted by molar-refractivity contribution is 0.123. The van der Waals surface area contributed by atoms with Gasteiger partial charge in [-0.05, 0) is 42.9 Å². The van der Waals surface area contributed by atoms with Crippen LogP contribution in [0.5, 0.6) is 5.75 Å². The van der Waals surface area contributed by atoms with Gasteiger partial charge in [0.25, 0.3) is 0 Å². The Bertz CT molecular complexity index is 483. The summed E-state index contributed by atoms with van der Waals surface area (Å²) in [5.41, 5.74) is 1.69. The highest BCUT2D eigenvalue weighted by Crippen LogP contribution is 2.43. The highest BCUT2D eigenvalue weighted by molar-refractivity contribution is 9.10. The molecule has 0 aromatic heterocycles. The molecule has 1 aromatic rings. The molecule has 0 spiro atoms. The Kier molecular flexibility index (Phi) is 5.51. The lowest BCUT2D eigenvalue weighted by Gasteiger charge is -2.41. The topological polar surface area (TPSA) is 21.3 Å². The standard InChI is InChI=1S/C17H22BrNO/c1-3-10-20-16-7-6-15(18)11-14(16)12-19-13-17(4-2)8-5-9-17/h1,6-7,11,19H,4-5,8-10,12-13H2,2H3. The van der Waals surface area contributed by atoms with Gasteiger partial charge in [0.15, 0.2) is 0 Å². The summed E-state index contributed by atoms with van der Waals surface area (Å²) in [6, 6.07) is 6.05. The fraction of sp³-hybridized carbons (Fsp3) is 0.529. The molecule has 20 heavy (non-hydrogen) atoms. The average Bonchev–Trinajstić information content (AvgIpc) is 2.41. The first-order valence-corrected chi connectivity index (χ1v) is 8.04. The largest absolute Gasteiger partial charge is 0.481 e. The molecular weight excluding hydrogens is 314 g/mol. The van der Waals surface area contributed by atoms with Gasteiger partial charge in [0.2, 0.25) is 0 Å². The molecule has 0 radical (unpaired) electrons. The van der Waals surface area contributed by atoms with Crippen molar-refractivity contribution in [3.63, 3.8) is 0 Å². The second kappa shape index (κ2) is 7.15. The summed E-state index contributed by atoms with van der Waals surface area (Å²) in [6.45, 7) is 4.51. The molecule has 0 aliphatic heterocycles. The number of hydrogen-bond acceptors (Lipinski definition) is 2. The number of rotatable bonds is 7. The Morgan fingerprint density at radius 2 is 2.25 bits per heavy atom. The van der Waals surface area contributed by atoms with Gasteiger partial charge in [0.1, 0.15) is 12.4 Å². The summed E-state index contributed by atoms with van der Waals surface area (Å²) in [4.78, 5) is 0. The van der Waals surface area contributed by atoms with E-state index in [4.69, 9.17) is 11.2 Å². The SMILES string of the molecule is C#CCOc1ccc(Br)cc1CNCC1(CC)CCC1. The van der Waals surface area contributed by atoms with Gasteiger partial charge in [-0.3, -0.25) is 0 Å². The van der Waals surface area contributed by atoms with E-state index in [9.17, 15) is 0 Å². The lowest BCUT2D eigenvalue weighted by Crippen LogP contribution is -2.39. The van der Waals surface area contributed by atoms with Crippen molar-refractivity contribution in [1.29, 1.82) is 0 Å². The smallest absolute Gasteiger partial charge is 0.148 e. The normalized spacial score (nSPS) is 16.2. The second-order valence-corrected chi connectivity index (χ2v) is 6.47. The molecule has 3 heteroatoms. The molecule has 0 heterocycles. The number of nitrogens with one attached hydrogen (secondary N) is 1. The van der Waals surface area contributed by atoms with E-state index in [0.29, 0.717) is 12.0 Å². The number of benzene rings is 1. The fourth-order valence-electron chi connectivity index (χ4n) is 2.74. The Morgan fingerprint density at radius 3 is 2.85 bits per heavy atom. The predicted octanol–water partition coefficient (Wildman–Crippen LogP) is 4.13. The number of hydrogen-bond donors (Lipinski definition) is 1. The third kappa shape index (κ3) is 3.77. The molecule has 0 amide bonds. The maximum absolute atomic E-state index is 5.59. The lowest BCUT2D eigenvalue weighted by atomic mass is 9.67. The third-order valence-electron chi connectivity index (χ3n) is 4.31. The van der Waals surface area contributed by atoms with E-state index in [1.807, 2.05) is 12.1 Å². The second-order valence-electron chi connectivity index (χ2n) is 5.56. The van der Waals surface area contributed by atoms with E-state index >= 15 is 0 Å². The van der Waals surface area contributed by atoms with Crippen LogP contribution in [0.3, 0.4) is 0 Å². The molecule has 1 aliphatic rings. The predicted molar refractivity (Wildman–Crippen MR) is 86.8 cm³/mol. The minimum Gasteiger partial charge on any atom is -0.481 e. The van der Waals surface area contributed by atoms with Crippen molar-refractivity contribution in [2.45, 2.75) is 39.2 Å². The summed E-state index contributed by atoms with van der Waals surface area (Å²) < 4.78 is 6.66. The monoisotopic (exact) mass is 335 g/mol. The molecule has 0 saturated heterocycles. The van der Waals surface area contributed by atoms with E-state index in [1.54, 1.807) is 0 Å². The van der Waals surface area contributed by atoms with Crippen molar-refractivity contribution in [2.75, 3.05) is 13.2 Å². The van der Waals surface area contributed by atoms with Crippen LogP contribution in [0.25, 0.3) is 0 Å². The van der Waals surface area contributed by atoms with Gasteiger partial charge in [-0.2, -0.15) is 0 Å². The Hall–Kier alpha value is -0.980. The highest BCUT2D eigenvalue weighted by atomic mass is 79.9. The zero-order chi connectivity index (χ0) is 14.4.